The molecule has 0 saturated carbocycles. The summed E-state index contributed by atoms with van der Waals surface area (Å²) in [6, 6.07) is 5.68. The van der Waals surface area contributed by atoms with E-state index in [9.17, 15) is 8.78 Å². The third kappa shape index (κ3) is 1.60. The Morgan fingerprint density at radius 1 is 1.18 bits per heavy atom. The smallest absolute Gasteiger partial charge is 0.174 e. The molecular formula is C12H8F2N2O. The first-order chi connectivity index (χ1) is 8.13. The van der Waals surface area contributed by atoms with Gasteiger partial charge in [-0.3, -0.25) is 0 Å². The Labute approximate surface area is 95.1 Å². The average Bonchev–Trinajstić information content (AvgIpc) is 2.85. The summed E-state index contributed by atoms with van der Waals surface area (Å²) in [5, 5.41) is 0. The molecule has 1 aromatic carbocycles. The first-order valence-electron chi connectivity index (χ1n) is 5.05. The van der Waals surface area contributed by atoms with E-state index in [-0.39, 0.29) is 0 Å². The molecule has 0 amide bonds. The van der Waals surface area contributed by atoms with E-state index in [1.165, 1.54) is 0 Å². The molecule has 5 heteroatoms. The van der Waals surface area contributed by atoms with Gasteiger partial charge in [0.25, 0.3) is 0 Å². The average molecular weight is 234 g/mol. The van der Waals surface area contributed by atoms with Crippen molar-refractivity contribution in [2.45, 2.75) is 6.92 Å². The predicted octanol–water partition coefficient (Wildman–Crippen LogP) is 3.41. The van der Waals surface area contributed by atoms with Gasteiger partial charge in [0.15, 0.2) is 23.2 Å². The number of fused-ring (bicyclic) bond motifs is 1. The zero-order valence-electron chi connectivity index (χ0n) is 8.92. The lowest BCUT2D eigenvalue weighted by molar-refractivity contribution is 0.510. The molecule has 0 radical (unpaired) electrons. The number of benzene rings is 1. The van der Waals surface area contributed by atoms with E-state index >= 15 is 0 Å². The van der Waals surface area contributed by atoms with E-state index in [0.717, 1.165) is 17.9 Å². The van der Waals surface area contributed by atoms with Crippen molar-refractivity contribution in [1.29, 1.82) is 0 Å². The highest BCUT2D eigenvalue weighted by molar-refractivity contribution is 5.78. The molecule has 0 spiro atoms. The summed E-state index contributed by atoms with van der Waals surface area (Å²) < 4.78 is 31.4. The molecule has 3 rings (SSSR count). The van der Waals surface area contributed by atoms with Crippen LogP contribution >= 0.6 is 0 Å². The molecule has 0 aliphatic rings. The molecule has 0 bridgehead atoms. The second kappa shape index (κ2) is 3.41. The second-order valence-electron chi connectivity index (χ2n) is 3.78. The number of aromatic nitrogens is 2. The van der Waals surface area contributed by atoms with Gasteiger partial charge in [0, 0.05) is 12.1 Å². The summed E-state index contributed by atoms with van der Waals surface area (Å²) >= 11 is 0. The van der Waals surface area contributed by atoms with Gasteiger partial charge in [-0.05, 0) is 19.1 Å². The highest BCUT2D eigenvalue weighted by atomic mass is 19.2. The van der Waals surface area contributed by atoms with Crippen molar-refractivity contribution < 1.29 is 13.2 Å². The van der Waals surface area contributed by atoms with Crippen LogP contribution in [0.1, 0.15) is 5.76 Å². The molecule has 86 valence electrons. The maximum absolute atomic E-state index is 13.0. The van der Waals surface area contributed by atoms with Gasteiger partial charge >= 0.3 is 0 Å². The van der Waals surface area contributed by atoms with Crippen molar-refractivity contribution in [3.63, 3.8) is 0 Å². The van der Waals surface area contributed by atoms with Crippen LogP contribution in [0.2, 0.25) is 0 Å². The molecular weight excluding hydrogens is 226 g/mol. The van der Waals surface area contributed by atoms with Crippen LogP contribution in [0.5, 0.6) is 0 Å². The Balaban J connectivity index is 2.19. The monoisotopic (exact) mass is 234 g/mol. The normalized spacial score (nSPS) is 11.2. The van der Waals surface area contributed by atoms with Crippen molar-refractivity contribution in [2.75, 3.05) is 0 Å². The van der Waals surface area contributed by atoms with Crippen LogP contribution in [0.3, 0.4) is 0 Å². The van der Waals surface area contributed by atoms with Crippen molar-refractivity contribution in [1.82, 2.24) is 9.97 Å². The van der Waals surface area contributed by atoms with Crippen LogP contribution in [0, 0.1) is 18.6 Å². The van der Waals surface area contributed by atoms with E-state index in [0.29, 0.717) is 22.6 Å². The summed E-state index contributed by atoms with van der Waals surface area (Å²) in [4.78, 5) is 7.02. The molecule has 1 N–H and O–H groups in total. The van der Waals surface area contributed by atoms with Crippen molar-refractivity contribution in [2.24, 2.45) is 0 Å². The fourth-order valence-corrected chi connectivity index (χ4v) is 1.68. The quantitative estimate of drug-likeness (QED) is 0.701. The third-order valence-corrected chi connectivity index (χ3v) is 2.50. The molecule has 17 heavy (non-hydrogen) atoms. The lowest BCUT2D eigenvalue weighted by Crippen LogP contribution is -1.82. The van der Waals surface area contributed by atoms with Gasteiger partial charge in [0.1, 0.15) is 5.76 Å². The minimum atomic E-state index is -0.911. The summed E-state index contributed by atoms with van der Waals surface area (Å²) in [5.41, 5.74) is 0.806. The zero-order valence-corrected chi connectivity index (χ0v) is 8.92. The highest BCUT2D eigenvalue weighted by Gasteiger charge is 2.11. The van der Waals surface area contributed by atoms with Gasteiger partial charge in [-0.2, -0.15) is 0 Å². The van der Waals surface area contributed by atoms with Gasteiger partial charge in [-0.25, -0.2) is 13.8 Å². The Morgan fingerprint density at radius 3 is 2.65 bits per heavy atom. The van der Waals surface area contributed by atoms with Crippen LogP contribution in [0.15, 0.2) is 28.7 Å². The minimum absolute atomic E-state index is 0.368. The molecule has 0 aliphatic carbocycles. The standard InChI is InChI=1S/C12H8F2N2O/c1-6-2-3-11(17-6)12-15-9-4-7(13)8(14)5-10(9)16-12/h2-5H,1H3,(H,15,16). The number of H-pyrrole nitrogens is 1. The van der Waals surface area contributed by atoms with E-state index in [1.807, 2.05) is 6.92 Å². The molecule has 0 unspecified atom stereocenters. The number of aromatic amines is 1. The maximum Gasteiger partial charge on any atom is 0.174 e. The number of halogens is 2. The fraction of sp³-hybridized carbons (Fsp3) is 0.0833. The van der Waals surface area contributed by atoms with Crippen LogP contribution in [-0.4, -0.2) is 9.97 Å². The predicted molar refractivity (Wildman–Crippen MR) is 58.4 cm³/mol. The number of aryl methyl sites for hydroxylation is 1. The maximum atomic E-state index is 13.0. The van der Waals surface area contributed by atoms with E-state index in [4.69, 9.17) is 4.42 Å². The Bertz CT molecular complexity index is 661. The molecule has 0 fully saturated rings. The molecule has 3 nitrogen and oxygen atoms in total. The zero-order chi connectivity index (χ0) is 12.0. The lowest BCUT2D eigenvalue weighted by Gasteiger charge is -1.90. The summed E-state index contributed by atoms with van der Waals surface area (Å²) in [6.45, 7) is 1.81. The van der Waals surface area contributed by atoms with Gasteiger partial charge in [0.05, 0.1) is 11.0 Å². The van der Waals surface area contributed by atoms with Crippen molar-refractivity contribution in [3.8, 4) is 11.6 Å². The van der Waals surface area contributed by atoms with Gasteiger partial charge in [0.2, 0.25) is 0 Å². The van der Waals surface area contributed by atoms with Gasteiger partial charge in [-0.15, -0.1) is 0 Å². The van der Waals surface area contributed by atoms with Crippen LogP contribution in [0.4, 0.5) is 8.78 Å². The van der Waals surface area contributed by atoms with Gasteiger partial charge < -0.3 is 9.40 Å². The topological polar surface area (TPSA) is 41.8 Å². The number of nitrogens with one attached hydrogen (secondary N) is 1. The van der Waals surface area contributed by atoms with Crippen molar-refractivity contribution in [3.05, 3.63) is 41.7 Å². The molecule has 2 heterocycles. The van der Waals surface area contributed by atoms with E-state index in [1.54, 1.807) is 12.1 Å². The molecule has 3 aromatic rings. The lowest BCUT2D eigenvalue weighted by atomic mass is 10.3. The number of hydrogen-bond acceptors (Lipinski definition) is 2. The summed E-state index contributed by atoms with van der Waals surface area (Å²) in [5.74, 6) is -0.0649. The SMILES string of the molecule is Cc1ccc(-c2nc3cc(F)c(F)cc3[nH]2)o1. The first-order valence-corrected chi connectivity index (χ1v) is 5.05. The first kappa shape index (κ1) is 10.0. The number of hydrogen-bond donors (Lipinski definition) is 1. The second-order valence-corrected chi connectivity index (χ2v) is 3.78. The summed E-state index contributed by atoms with van der Waals surface area (Å²) in [7, 11) is 0. The molecule has 0 atom stereocenters. The molecule has 0 aliphatic heterocycles. The van der Waals surface area contributed by atoms with E-state index in [2.05, 4.69) is 9.97 Å². The summed E-state index contributed by atoms with van der Waals surface area (Å²) in [6.07, 6.45) is 0. The van der Waals surface area contributed by atoms with Crippen LogP contribution in [0.25, 0.3) is 22.6 Å². The Hall–Kier alpha value is -2.17. The van der Waals surface area contributed by atoms with Gasteiger partial charge in [-0.1, -0.05) is 0 Å². The largest absolute Gasteiger partial charge is 0.458 e. The number of nitrogens with zero attached hydrogens (tertiary/aromatic N) is 1. The third-order valence-electron chi connectivity index (χ3n) is 2.50. The van der Waals surface area contributed by atoms with Crippen LogP contribution < -0.4 is 0 Å². The Morgan fingerprint density at radius 2 is 1.94 bits per heavy atom. The van der Waals surface area contributed by atoms with Crippen molar-refractivity contribution >= 4 is 11.0 Å². The number of furan rings is 1. The Kier molecular flexibility index (Phi) is 2.01. The number of rotatable bonds is 1. The fourth-order valence-electron chi connectivity index (χ4n) is 1.68. The number of imidazole rings is 1. The molecule has 0 saturated heterocycles. The van der Waals surface area contributed by atoms with E-state index < -0.39 is 11.6 Å². The molecule has 2 aromatic heterocycles. The van der Waals surface area contributed by atoms with Crippen LogP contribution in [-0.2, 0) is 0 Å². The minimum Gasteiger partial charge on any atom is -0.458 e. The highest BCUT2D eigenvalue weighted by Crippen LogP contribution is 2.23.